The number of nitrogens with one attached hydrogen (secondary N) is 1. The minimum absolute atomic E-state index is 0.242. The van der Waals surface area contributed by atoms with Gasteiger partial charge in [0.25, 0.3) is 5.91 Å². The summed E-state index contributed by atoms with van der Waals surface area (Å²) >= 11 is 0. The number of carbonyl (C=O) groups is 1. The topological polar surface area (TPSA) is 72.5 Å². The molecule has 0 radical (unpaired) electrons. The standard InChI is InChI=1S/C17H19NO4S/c1-12(2)23(20,21)16-9-7-14(8-10-16)18-17(19)13-5-4-6-15(11-13)22-3/h4-12H,1-3H3,(H,18,19). The van der Waals surface area contributed by atoms with Crippen molar-refractivity contribution in [1.29, 1.82) is 0 Å². The van der Waals surface area contributed by atoms with E-state index in [0.29, 0.717) is 17.0 Å². The number of rotatable bonds is 5. The summed E-state index contributed by atoms with van der Waals surface area (Å²) in [6.07, 6.45) is 0. The molecule has 1 N–H and O–H groups in total. The molecule has 0 spiro atoms. The second-order valence-electron chi connectivity index (χ2n) is 5.30. The molecule has 1 amide bonds. The zero-order chi connectivity index (χ0) is 17.0. The van der Waals surface area contributed by atoms with Crippen LogP contribution in [-0.4, -0.2) is 26.7 Å². The third-order valence-electron chi connectivity index (χ3n) is 3.39. The molecule has 0 saturated carbocycles. The van der Waals surface area contributed by atoms with Crippen LogP contribution in [0.2, 0.25) is 0 Å². The molecule has 0 atom stereocenters. The Bertz CT molecular complexity index is 796. The lowest BCUT2D eigenvalue weighted by Crippen LogP contribution is -2.14. The summed E-state index contributed by atoms with van der Waals surface area (Å²) in [5, 5.41) is 2.24. The fourth-order valence-corrected chi connectivity index (χ4v) is 3.03. The molecule has 2 rings (SSSR count). The molecular weight excluding hydrogens is 314 g/mol. The lowest BCUT2D eigenvalue weighted by atomic mass is 10.2. The molecule has 0 aliphatic heterocycles. The number of carbonyl (C=O) groups excluding carboxylic acids is 1. The van der Waals surface area contributed by atoms with Crippen molar-refractivity contribution in [1.82, 2.24) is 0 Å². The molecule has 0 unspecified atom stereocenters. The average Bonchev–Trinajstić information content (AvgIpc) is 2.55. The zero-order valence-corrected chi connectivity index (χ0v) is 14.1. The van der Waals surface area contributed by atoms with Crippen molar-refractivity contribution in [2.24, 2.45) is 0 Å². The first-order chi connectivity index (χ1) is 10.8. The van der Waals surface area contributed by atoms with E-state index >= 15 is 0 Å². The summed E-state index contributed by atoms with van der Waals surface area (Å²) in [5.41, 5.74) is 0.990. The van der Waals surface area contributed by atoms with Crippen LogP contribution < -0.4 is 10.1 Å². The third kappa shape index (κ3) is 3.90. The van der Waals surface area contributed by atoms with E-state index in [-0.39, 0.29) is 10.8 Å². The molecule has 0 aromatic heterocycles. The number of ether oxygens (including phenoxy) is 1. The van der Waals surface area contributed by atoms with Crippen LogP contribution in [0.5, 0.6) is 5.75 Å². The van der Waals surface area contributed by atoms with E-state index in [1.54, 1.807) is 50.2 Å². The number of benzene rings is 2. The van der Waals surface area contributed by atoms with Gasteiger partial charge in [-0.1, -0.05) is 6.07 Å². The largest absolute Gasteiger partial charge is 0.497 e. The number of sulfone groups is 1. The SMILES string of the molecule is COc1cccc(C(=O)Nc2ccc(S(=O)(=O)C(C)C)cc2)c1. The van der Waals surface area contributed by atoms with Crippen LogP contribution in [0.1, 0.15) is 24.2 Å². The highest BCUT2D eigenvalue weighted by molar-refractivity contribution is 7.92. The van der Waals surface area contributed by atoms with Crippen molar-refractivity contribution >= 4 is 21.4 Å². The highest BCUT2D eigenvalue weighted by Crippen LogP contribution is 2.19. The van der Waals surface area contributed by atoms with Gasteiger partial charge in [-0.2, -0.15) is 0 Å². The molecule has 0 fully saturated rings. The Kier molecular flexibility index (Phi) is 5.05. The maximum atomic E-state index is 12.2. The smallest absolute Gasteiger partial charge is 0.255 e. The highest BCUT2D eigenvalue weighted by atomic mass is 32.2. The number of methoxy groups -OCH3 is 1. The van der Waals surface area contributed by atoms with Crippen LogP contribution in [0.3, 0.4) is 0 Å². The molecule has 0 heterocycles. The molecule has 6 heteroatoms. The molecule has 2 aromatic carbocycles. The van der Waals surface area contributed by atoms with E-state index in [4.69, 9.17) is 4.74 Å². The molecule has 0 saturated heterocycles. The molecule has 23 heavy (non-hydrogen) atoms. The Morgan fingerprint density at radius 3 is 2.30 bits per heavy atom. The number of anilines is 1. The Morgan fingerprint density at radius 1 is 1.09 bits per heavy atom. The molecule has 122 valence electrons. The lowest BCUT2D eigenvalue weighted by molar-refractivity contribution is 0.102. The van der Waals surface area contributed by atoms with Gasteiger partial charge in [0.15, 0.2) is 9.84 Å². The fraction of sp³-hybridized carbons (Fsp3) is 0.235. The minimum Gasteiger partial charge on any atom is -0.497 e. The van der Waals surface area contributed by atoms with Gasteiger partial charge in [-0.15, -0.1) is 0 Å². The quantitative estimate of drug-likeness (QED) is 0.912. The van der Waals surface area contributed by atoms with Gasteiger partial charge in [-0.25, -0.2) is 8.42 Å². The van der Waals surface area contributed by atoms with Gasteiger partial charge in [0.2, 0.25) is 0 Å². The highest BCUT2D eigenvalue weighted by Gasteiger charge is 2.18. The lowest BCUT2D eigenvalue weighted by Gasteiger charge is -2.10. The van der Waals surface area contributed by atoms with E-state index < -0.39 is 15.1 Å². The van der Waals surface area contributed by atoms with Crippen LogP contribution in [0, 0.1) is 0 Å². The summed E-state index contributed by atoms with van der Waals surface area (Å²) in [7, 11) is -1.78. The average molecular weight is 333 g/mol. The van der Waals surface area contributed by atoms with Crippen LogP contribution >= 0.6 is 0 Å². The van der Waals surface area contributed by atoms with Crippen LogP contribution in [-0.2, 0) is 9.84 Å². The number of hydrogen-bond acceptors (Lipinski definition) is 4. The molecule has 0 aliphatic rings. The van der Waals surface area contributed by atoms with Gasteiger partial charge < -0.3 is 10.1 Å². The summed E-state index contributed by atoms with van der Waals surface area (Å²) < 4.78 is 29.2. The van der Waals surface area contributed by atoms with Gasteiger partial charge >= 0.3 is 0 Å². The predicted molar refractivity (Wildman–Crippen MR) is 89.7 cm³/mol. The molecule has 0 bridgehead atoms. The van der Waals surface area contributed by atoms with Crippen LogP contribution in [0.4, 0.5) is 5.69 Å². The predicted octanol–water partition coefficient (Wildman–Crippen LogP) is 3.13. The first-order valence-corrected chi connectivity index (χ1v) is 8.68. The molecule has 2 aromatic rings. The van der Waals surface area contributed by atoms with Crippen molar-refractivity contribution < 1.29 is 17.9 Å². The van der Waals surface area contributed by atoms with Gasteiger partial charge in [0.1, 0.15) is 5.75 Å². The van der Waals surface area contributed by atoms with E-state index in [1.807, 2.05) is 0 Å². The summed E-state index contributed by atoms with van der Waals surface area (Å²) in [5.74, 6) is 0.305. The Balaban J connectivity index is 2.16. The molecule has 5 nitrogen and oxygen atoms in total. The second kappa shape index (κ2) is 6.83. The van der Waals surface area contributed by atoms with Crippen molar-refractivity contribution in [2.75, 3.05) is 12.4 Å². The van der Waals surface area contributed by atoms with Gasteiger partial charge in [0.05, 0.1) is 17.3 Å². The van der Waals surface area contributed by atoms with Gasteiger partial charge in [0, 0.05) is 11.3 Å². The van der Waals surface area contributed by atoms with Crippen LogP contribution in [0.15, 0.2) is 53.4 Å². The number of hydrogen-bond donors (Lipinski definition) is 1. The second-order valence-corrected chi connectivity index (χ2v) is 7.81. The van der Waals surface area contributed by atoms with Gasteiger partial charge in [-0.05, 0) is 56.3 Å². The maximum Gasteiger partial charge on any atom is 0.255 e. The Hall–Kier alpha value is -2.34. The van der Waals surface area contributed by atoms with E-state index in [9.17, 15) is 13.2 Å². The Labute approximate surface area is 136 Å². The fourth-order valence-electron chi connectivity index (χ4n) is 1.97. The summed E-state index contributed by atoms with van der Waals surface area (Å²) in [6, 6.07) is 12.9. The summed E-state index contributed by atoms with van der Waals surface area (Å²) in [4.78, 5) is 12.4. The first-order valence-electron chi connectivity index (χ1n) is 7.14. The van der Waals surface area contributed by atoms with Crippen molar-refractivity contribution in [3.8, 4) is 5.75 Å². The van der Waals surface area contributed by atoms with Crippen molar-refractivity contribution in [2.45, 2.75) is 24.0 Å². The first kappa shape index (κ1) is 17.0. The Morgan fingerprint density at radius 2 is 1.74 bits per heavy atom. The maximum absolute atomic E-state index is 12.2. The van der Waals surface area contributed by atoms with Crippen LogP contribution in [0.25, 0.3) is 0 Å². The van der Waals surface area contributed by atoms with Gasteiger partial charge in [-0.3, -0.25) is 4.79 Å². The van der Waals surface area contributed by atoms with Crippen molar-refractivity contribution in [3.63, 3.8) is 0 Å². The van der Waals surface area contributed by atoms with E-state index in [2.05, 4.69) is 5.32 Å². The molecule has 0 aliphatic carbocycles. The number of amides is 1. The van der Waals surface area contributed by atoms with E-state index in [1.165, 1.54) is 19.2 Å². The zero-order valence-electron chi connectivity index (χ0n) is 13.2. The third-order valence-corrected chi connectivity index (χ3v) is 5.56. The molecular formula is C17H19NO4S. The van der Waals surface area contributed by atoms with E-state index in [0.717, 1.165) is 0 Å². The van der Waals surface area contributed by atoms with Crippen molar-refractivity contribution in [3.05, 3.63) is 54.1 Å². The minimum atomic E-state index is -3.31. The normalized spacial score (nSPS) is 11.3. The summed E-state index contributed by atoms with van der Waals surface area (Å²) in [6.45, 7) is 3.27. The monoisotopic (exact) mass is 333 g/mol.